The van der Waals surface area contributed by atoms with Gasteiger partial charge in [-0.1, -0.05) is 77.0 Å². The smallest absolute Gasteiger partial charge is 0.271 e. The molecule has 0 saturated carbocycles. The molecular weight excluding hydrogens is 669 g/mol. The molecule has 1 atom stereocenters. The van der Waals surface area contributed by atoms with Gasteiger partial charge in [-0.05, 0) is 85.1 Å². The summed E-state index contributed by atoms with van der Waals surface area (Å²) in [6, 6.07) is 26.7. The van der Waals surface area contributed by atoms with Crippen LogP contribution in [0.25, 0.3) is 6.08 Å². The Morgan fingerprint density at radius 2 is 1.77 bits per heavy atom. The number of nitrogens with zero attached hydrogens (tertiary/aromatic N) is 2. The second-order valence-corrected chi connectivity index (χ2v) is 12.7. The SMILES string of the molecule is CCOc1ccc([C@@H]2C(C(=O)Nc3ccccc3)=C(C)N=c3s/c(=C\c4cc(Cl)c(OCc5cccc(Cl)c5)c(OC)c4)c(=O)n32)cc1. The number of amides is 1. The van der Waals surface area contributed by atoms with E-state index in [1.54, 1.807) is 35.8 Å². The predicted molar refractivity (Wildman–Crippen MR) is 190 cm³/mol. The molecule has 1 N–H and O–H groups in total. The topological polar surface area (TPSA) is 91.2 Å². The minimum absolute atomic E-state index is 0.236. The first-order valence-corrected chi connectivity index (χ1v) is 16.7. The first kappa shape index (κ1) is 33.1. The van der Waals surface area contributed by atoms with Gasteiger partial charge in [0, 0.05) is 10.7 Å². The van der Waals surface area contributed by atoms with Crippen LogP contribution in [0.4, 0.5) is 5.69 Å². The lowest BCUT2D eigenvalue weighted by Gasteiger charge is -2.25. The Kier molecular flexibility index (Phi) is 10.0. The third-order valence-electron chi connectivity index (χ3n) is 7.63. The molecule has 5 aromatic rings. The summed E-state index contributed by atoms with van der Waals surface area (Å²) >= 11 is 14.0. The molecule has 11 heteroatoms. The van der Waals surface area contributed by atoms with Gasteiger partial charge in [-0.15, -0.1) is 0 Å². The standard InChI is InChI=1S/C37H31Cl2N3O5S/c1-4-46-28-15-13-25(14-16-28)33-32(35(43)41-27-11-6-5-7-12-27)22(2)40-37-42(33)36(44)31(48-37)20-24-18-29(39)34(30(19-24)45-3)47-21-23-9-8-10-26(38)17-23/h5-20,33H,4,21H2,1-3H3,(H,41,43)/b31-20-/t33-/m1/s1. The fourth-order valence-electron chi connectivity index (χ4n) is 5.46. The fourth-order valence-corrected chi connectivity index (χ4v) is 6.99. The van der Waals surface area contributed by atoms with Crippen LogP contribution in [0.3, 0.4) is 0 Å². The van der Waals surface area contributed by atoms with Crippen molar-refractivity contribution in [3.05, 3.63) is 149 Å². The van der Waals surface area contributed by atoms with Crippen molar-refractivity contribution < 1.29 is 19.0 Å². The second-order valence-electron chi connectivity index (χ2n) is 10.9. The van der Waals surface area contributed by atoms with Gasteiger partial charge in [0.15, 0.2) is 16.3 Å². The number of benzene rings is 4. The fraction of sp³-hybridized carbons (Fsp3) is 0.162. The van der Waals surface area contributed by atoms with Crippen LogP contribution in [-0.2, 0) is 11.4 Å². The summed E-state index contributed by atoms with van der Waals surface area (Å²) < 4.78 is 19.3. The third-order valence-corrected chi connectivity index (χ3v) is 9.13. The van der Waals surface area contributed by atoms with E-state index >= 15 is 0 Å². The number of methoxy groups -OCH3 is 1. The van der Waals surface area contributed by atoms with Crippen LogP contribution >= 0.6 is 34.5 Å². The number of carbonyl (C=O) groups is 1. The normalized spacial score (nSPS) is 14.3. The number of para-hydroxylation sites is 1. The maximum atomic E-state index is 14.2. The minimum atomic E-state index is -0.733. The van der Waals surface area contributed by atoms with Crippen LogP contribution in [0.5, 0.6) is 17.2 Å². The minimum Gasteiger partial charge on any atom is -0.494 e. The van der Waals surface area contributed by atoms with E-state index in [4.69, 9.17) is 42.4 Å². The molecule has 0 spiro atoms. The molecule has 1 amide bonds. The zero-order valence-corrected chi connectivity index (χ0v) is 28.7. The molecule has 2 heterocycles. The highest BCUT2D eigenvalue weighted by Crippen LogP contribution is 2.37. The molecule has 48 heavy (non-hydrogen) atoms. The molecular formula is C37H31Cl2N3O5S. The quantitative estimate of drug-likeness (QED) is 0.167. The van der Waals surface area contributed by atoms with E-state index in [1.807, 2.05) is 79.7 Å². The molecule has 1 aromatic heterocycles. The Labute approximate surface area is 291 Å². The lowest BCUT2D eigenvalue weighted by Crippen LogP contribution is -2.40. The summed E-state index contributed by atoms with van der Waals surface area (Å²) in [5.74, 6) is 1.13. The van der Waals surface area contributed by atoms with Crippen molar-refractivity contribution in [1.29, 1.82) is 0 Å². The number of rotatable bonds is 10. The third kappa shape index (κ3) is 7.04. The van der Waals surface area contributed by atoms with Crippen LogP contribution in [0, 0.1) is 0 Å². The maximum Gasteiger partial charge on any atom is 0.271 e. The Hall–Kier alpha value is -4.83. The molecule has 1 aliphatic rings. The number of carbonyl (C=O) groups excluding carboxylic acids is 1. The number of fused-ring (bicyclic) bond motifs is 1. The van der Waals surface area contributed by atoms with Crippen LogP contribution in [0.2, 0.25) is 10.0 Å². The van der Waals surface area contributed by atoms with E-state index in [9.17, 15) is 9.59 Å². The number of halogens is 2. The van der Waals surface area contributed by atoms with Crippen LogP contribution < -0.4 is 34.4 Å². The summed E-state index contributed by atoms with van der Waals surface area (Å²) in [5, 5.41) is 3.89. The van der Waals surface area contributed by atoms with Crippen LogP contribution in [0.1, 0.15) is 36.6 Å². The van der Waals surface area contributed by atoms with Crippen molar-refractivity contribution in [2.75, 3.05) is 19.0 Å². The maximum absolute atomic E-state index is 14.2. The lowest BCUT2D eigenvalue weighted by atomic mass is 9.95. The first-order valence-electron chi connectivity index (χ1n) is 15.1. The van der Waals surface area contributed by atoms with Crippen molar-refractivity contribution in [1.82, 2.24) is 4.57 Å². The average Bonchev–Trinajstić information content (AvgIpc) is 3.37. The zero-order valence-electron chi connectivity index (χ0n) is 26.3. The lowest BCUT2D eigenvalue weighted by molar-refractivity contribution is -0.113. The molecule has 0 aliphatic carbocycles. The van der Waals surface area contributed by atoms with Crippen molar-refractivity contribution in [2.24, 2.45) is 4.99 Å². The summed E-state index contributed by atoms with van der Waals surface area (Å²) in [6.07, 6.45) is 1.73. The Morgan fingerprint density at radius 1 is 1.00 bits per heavy atom. The van der Waals surface area contributed by atoms with E-state index in [0.717, 1.165) is 11.1 Å². The number of thiazole rings is 1. The molecule has 0 fully saturated rings. The monoisotopic (exact) mass is 699 g/mol. The molecule has 6 rings (SSSR count). The zero-order chi connectivity index (χ0) is 33.8. The summed E-state index contributed by atoms with van der Waals surface area (Å²) in [6.45, 7) is 4.45. The molecule has 8 nitrogen and oxygen atoms in total. The number of anilines is 1. The molecule has 1 aliphatic heterocycles. The van der Waals surface area contributed by atoms with Crippen molar-refractivity contribution in [3.63, 3.8) is 0 Å². The molecule has 0 radical (unpaired) electrons. The van der Waals surface area contributed by atoms with Gasteiger partial charge in [-0.2, -0.15) is 0 Å². The summed E-state index contributed by atoms with van der Waals surface area (Å²) in [7, 11) is 1.52. The van der Waals surface area contributed by atoms with Gasteiger partial charge >= 0.3 is 0 Å². The van der Waals surface area contributed by atoms with E-state index in [-0.39, 0.29) is 18.1 Å². The van der Waals surface area contributed by atoms with E-state index in [1.165, 1.54) is 18.4 Å². The largest absolute Gasteiger partial charge is 0.494 e. The predicted octanol–water partition coefficient (Wildman–Crippen LogP) is 7.17. The second kappa shape index (κ2) is 14.5. The van der Waals surface area contributed by atoms with Crippen molar-refractivity contribution in [3.8, 4) is 17.2 Å². The van der Waals surface area contributed by atoms with Gasteiger partial charge in [-0.3, -0.25) is 14.2 Å². The van der Waals surface area contributed by atoms with Gasteiger partial charge in [0.05, 0.1) is 40.6 Å². The van der Waals surface area contributed by atoms with Gasteiger partial charge in [0.2, 0.25) is 0 Å². The van der Waals surface area contributed by atoms with Crippen LogP contribution in [-0.4, -0.2) is 24.2 Å². The molecule has 0 bridgehead atoms. The number of hydrogen-bond donors (Lipinski definition) is 1. The van der Waals surface area contributed by atoms with Gasteiger partial charge in [-0.25, -0.2) is 4.99 Å². The van der Waals surface area contributed by atoms with Crippen molar-refractivity contribution in [2.45, 2.75) is 26.5 Å². The van der Waals surface area contributed by atoms with Crippen molar-refractivity contribution >= 4 is 52.2 Å². The molecule has 0 unspecified atom stereocenters. The number of hydrogen-bond acceptors (Lipinski definition) is 7. The Balaban J connectivity index is 1.40. The molecule has 4 aromatic carbocycles. The average molecular weight is 701 g/mol. The Bertz CT molecular complexity index is 2200. The van der Waals surface area contributed by atoms with E-state index < -0.39 is 6.04 Å². The molecule has 0 saturated heterocycles. The van der Waals surface area contributed by atoms with E-state index in [2.05, 4.69) is 5.32 Å². The highest BCUT2D eigenvalue weighted by Gasteiger charge is 2.32. The van der Waals surface area contributed by atoms with Gasteiger partial charge in [0.25, 0.3) is 11.5 Å². The highest BCUT2D eigenvalue weighted by molar-refractivity contribution is 7.07. The Morgan fingerprint density at radius 3 is 2.48 bits per heavy atom. The van der Waals surface area contributed by atoms with E-state index in [0.29, 0.717) is 65.8 Å². The molecule has 244 valence electrons. The first-order chi connectivity index (χ1) is 23.2. The van der Waals surface area contributed by atoms with Gasteiger partial charge in [0.1, 0.15) is 12.4 Å². The number of ether oxygens (including phenoxy) is 3. The van der Waals surface area contributed by atoms with Crippen LogP contribution in [0.15, 0.2) is 112 Å². The number of allylic oxidation sites excluding steroid dienone is 1. The summed E-state index contributed by atoms with van der Waals surface area (Å²) in [5.41, 5.74) is 3.47. The number of aromatic nitrogens is 1. The summed E-state index contributed by atoms with van der Waals surface area (Å²) in [4.78, 5) is 33.2. The van der Waals surface area contributed by atoms with Gasteiger partial charge < -0.3 is 19.5 Å². The highest BCUT2D eigenvalue weighted by atomic mass is 35.5. The number of nitrogens with one attached hydrogen (secondary N) is 1.